The second-order valence-corrected chi connectivity index (χ2v) is 6.97. The molecule has 2 rings (SSSR count). The molecule has 0 aromatic carbocycles. The predicted octanol–water partition coefficient (Wildman–Crippen LogP) is 2.27. The van der Waals surface area contributed by atoms with E-state index in [1.54, 1.807) is 18.3 Å². The number of carbonyl (C=O) groups excluding carboxylic acids is 1. The molecule has 1 atom stereocenters. The number of alkyl halides is 1. The fraction of sp³-hybridized carbons (Fsp3) is 0.444. The molecule has 2 heterocycles. The topological polar surface area (TPSA) is 112 Å². The van der Waals surface area contributed by atoms with E-state index < -0.39 is 17.7 Å². The van der Waals surface area contributed by atoms with E-state index in [-0.39, 0.29) is 18.2 Å². The lowest BCUT2D eigenvalue weighted by molar-refractivity contribution is -0.00177. The number of anilines is 3. The summed E-state index contributed by atoms with van der Waals surface area (Å²) in [7, 11) is 0. The molecular weight excluding hydrogens is 351 g/mol. The average molecular weight is 376 g/mol. The second-order valence-electron chi connectivity index (χ2n) is 6.97. The van der Waals surface area contributed by atoms with Gasteiger partial charge in [-0.15, -0.1) is 0 Å². The van der Waals surface area contributed by atoms with Gasteiger partial charge in [0.1, 0.15) is 24.1 Å². The Morgan fingerprint density at radius 3 is 2.63 bits per heavy atom. The van der Waals surface area contributed by atoms with Crippen molar-refractivity contribution >= 4 is 23.2 Å². The van der Waals surface area contributed by atoms with Gasteiger partial charge in [0, 0.05) is 24.5 Å². The molecule has 0 aliphatic carbocycles. The first-order valence-corrected chi connectivity index (χ1v) is 8.61. The molecule has 8 nitrogen and oxygen atoms in total. The quantitative estimate of drug-likeness (QED) is 0.559. The Morgan fingerprint density at radius 1 is 1.30 bits per heavy atom. The van der Waals surface area contributed by atoms with Crippen molar-refractivity contribution in [1.82, 2.24) is 20.3 Å². The maximum absolute atomic E-state index is 13.9. The first-order valence-electron chi connectivity index (χ1n) is 8.61. The molecule has 0 radical (unpaired) electrons. The van der Waals surface area contributed by atoms with Crippen LogP contribution >= 0.6 is 0 Å². The molecular formula is C18H25FN6O2. The van der Waals surface area contributed by atoms with Crippen LogP contribution in [-0.4, -0.2) is 50.3 Å². The first kappa shape index (κ1) is 20.5. The molecule has 0 aliphatic rings. The van der Waals surface area contributed by atoms with E-state index in [2.05, 4.69) is 30.9 Å². The predicted molar refractivity (Wildman–Crippen MR) is 102 cm³/mol. The van der Waals surface area contributed by atoms with E-state index in [0.717, 1.165) is 0 Å². The number of hydrogen-bond acceptors (Lipinski definition) is 7. The molecule has 1 amide bonds. The molecule has 2 aromatic rings. The third-order valence-corrected chi connectivity index (χ3v) is 3.64. The summed E-state index contributed by atoms with van der Waals surface area (Å²) in [5.74, 6) is 0.579. The second kappa shape index (κ2) is 8.72. The Hall–Kier alpha value is -2.81. The zero-order valence-electron chi connectivity index (χ0n) is 15.8. The van der Waals surface area contributed by atoms with Gasteiger partial charge in [0.25, 0.3) is 5.91 Å². The molecule has 0 saturated carbocycles. The standard InChI is InChI=1S/C18H25FN6O2/c1-11(2)24-13-7-16(25-15-5-6-20-10-23-15)21-8-12(13)17(26)22-9-14(19)18(3,4)27/h5-8,10-11,14,27H,9H2,1-4H3,(H,22,26)(H2,20,21,23,24,25). The van der Waals surface area contributed by atoms with Gasteiger partial charge in [-0.25, -0.2) is 19.3 Å². The van der Waals surface area contributed by atoms with E-state index >= 15 is 0 Å². The molecule has 0 fully saturated rings. The highest BCUT2D eigenvalue weighted by Crippen LogP contribution is 2.22. The third-order valence-electron chi connectivity index (χ3n) is 3.64. The Morgan fingerprint density at radius 2 is 2.04 bits per heavy atom. The van der Waals surface area contributed by atoms with Crippen molar-refractivity contribution in [2.75, 3.05) is 17.2 Å². The van der Waals surface area contributed by atoms with Crippen molar-refractivity contribution in [3.05, 3.63) is 36.4 Å². The molecule has 0 saturated heterocycles. The molecule has 2 aromatic heterocycles. The maximum atomic E-state index is 13.9. The van der Waals surface area contributed by atoms with Crippen LogP contribution in [0.5, 0.6) is 0 Å². The van der Waals surface area contributed by atoms with Crippen molar-refractivity contribution < 1.29 is 14.3 Å². The molecule has 9 heteroatoms. The number of halogens is 1. The molecule has 0 spiro atoms. The minimum Gasteiger partial charge on any atom is -0.387 e. The smallest absolute Gasteiger partial charge is 0.255 e. The van der Waals surface area contributed by atoms with Crippen LogP contribution in [0.15, 0.2) is 30.9 Å². The van der Waals surface area contributed by atoms with E-state index in [4.69, 9.17) is 0 Å². The van der Waals surface area contributed by atoms with Crippen molar-refractivity contribution in [2.45, 2.75) is 45.5 Å². The summed E-state index contributed by atoms with van der Waals surface area (Å²) in [6.07, 6.45) is 2.82. The third kappa shape index (κ3) is 6.14. The highest BCUT2D eigenvalue weighted by molar-refractivity contribution is 5.99. The van der Waals surface area contributed by atoms with Crippen LogP contribution in [0.3, 0.4) is 0 Å². The highest BCUT2D eigenvalue weighted by atomic mass is 19.1. The van der Waals surface area contributed by atoms with Crippen LogP contribution in [-0.2, 0) is 0 Å². The van der Waals surface area contributed by atoms with Crippen LogP contribution in [0.1, 0.15) is 38.1 Å². The number of aromatic nitrogens is 3. The van der Waals surface area contributed by atoms with Gasteiger partial charge in [0.05, 0.1) is 23.4 Å². The minimum atomic E-state index is -1.59. The molecule has 146 valence electrons. The Bertz CT molecular complexity index is 764. The van der Waals surface area contributed by atoms with Gasteiger partial charge < -0.3 is 21.1 Å². The van der Waals surface area contributed by atoms with Gasteiger partial charge in [0.2, 0.25) is 0 Å². The van der Waals surface area contributed by atoms with Crippen molar-refractivity contribution in [3.8, 4) is 0 Å². The first-order chi connectivity index (χ1) is 12.7. The van der Waals surface area contributed by atoms with Crippen LogP contribution in [0.2, 0.25) is 0 Å². The minimum absolute atomic E-state index is 0.0659. The Kier molecular flexibility index (Phi) is 6.62. The molecule has 0 aliphatic heterocycles. The zero-order valence-corrected chi connectivity index (χ0v) is 15.8. The lowest BCUT2D eigenvalue weighted by Crippen LogP contribution is -2.42. The normalized spacial score (nSPS) is 12.6. The van der Waals surface area contributed by atoms with Crippen LogP contribution < -0.4 is 16.0 Å². The number of hydrogen-bond donors (Lipinski definition) is 4. The van der Waals surface area contributed by atoms with E-state index in [9.17, 15) is 14.3 Å². The number of pyridine rings is 1. The number of rotatable bonds is 8. The fourth-order valence-electron chi connectivity index (χ4n) is 2.16. The van der Waals surface area contributed by atoms with E-state index in [1.807, 2.05) is 13.8 Å². The lowest BCUT2D eigenvalue weighted by atomic mass is 10.0. The summed E-state index contributed by atoms with van der Waals surface area (Å²) in [6, 6.07) is 3.44. The molecule has 0 bridgehead atoms. The van der Waals surface area contributed by atoms with Gasteiger partial charge in [0.15, 0.2) is 0 Å². The van der Waals surface area contributed by atoms with Gasteiger partial charge in [-0.2, -0.15) is 0 Å². The van der Waals surface area contributed by atoms with Crippen molar-refractivity contribution in [3.63, 3.8) is 0 Å². The number of carbonyl (C=O) groups is 1. The summed E-state index contributed by atoms with van der Waals surface area (Å²) in [5, 5.41) is 18.4. The van der Waals surface area contributed by atoms with Gasteiger partial charge >= 0.3 is 0 Å². The van der Waals surface area contributed by atoms with Gasteiger partial charge in [-0.05, 0) is 33.8 Å². The number of nitrogens with zero attached hydrogens (tertiary/aromatic N) is 3. The monoisotopic (exact) mass is 376 g/mol. The van der Waals surface area contributed by atoms with Crippen LogP contribution in [0.25, 0.3) is 0 Å². The SMILES string of the molecule is CC(C)Nc1cc(Nc2ccncn2)ncc1C(=O)NCC(F)C(C)(C)O. The largest absolute Gasteiger partial charge is 0.387 e. The van der Waals surface area contributed by atoms with Crippen molar-refractivity contribution in [1.29, 1.82) is 0 Å². The average Bonchev–Trinajstić information content (AvgIpc) is 2.59. The zero-order chi connectivity index (χ0) is 20.0. The Balaban J connectivity index is 2.18. The highest BCUT2D eigenvalue weighted by Gasteiger charge is 2.27. The van der Waals surface area contributed by atoms with Crippen LogP contribution in [0.4, 0.5) is 21.7 Å². The van der Waals surface area contributed by atoms with E-state index in [1.165, 1.54) is 26.4 Å². The summed E-state index contributed by atoms with van der Waals surface area (Å²) >= 11 is 0. The Labute approximate surface area is 157 Å². The number of amides is 1. The fourth-order valence-corrected chi connectivity index (χ4v) is 2.16. The maximum Gasteiger partial charge on any atom is 0.255 e. The lowest BCUT2D eigenvalue weighted by Gasteiger charge is -2.23. The number of aliphatic hydroxyl groups is 1. The van der Waals surface area contributed by atoms with Crippen molar-refractivity contribution in [2.24, 2.45) is 0 Å². The molecule has 27 heavy (non-hydrogen) atoms. The molecule has 4 N–H and O–H groups in total. The summed E-state index contributed by atoms with van der Waals surface area (Å²) < 4.78 is 13.9. The van der Waals surface area contributed by atoms with Crippen LogP contribution in [0, 0.1) is 0 Å². The molecule has 1 unspecified atom stereocenters. The van der Waals surface area contributed by atoms with Gasteiger partial charge in [-0.1, -0.05) is 0 Å². The number of nitrogens with one attached hydrogen (secondary N) is 3. The van der Waals surface area contributed by atoms with E-state index in [0.29, 0.717) is 17.3 Å². The summed E-state index contributed by atoms with van der Waals surface area (Å²) in [4.78, 5) is 24.6. The van der Waals surface area contributed by atoms with Gasteiger partial charge in [-0.3, -0.25) is 4.79 Å². The summed E-state index contributed by atoms with van der Waals surface area (Å²) in [6.45, 7) is 6.27. The summed E-state index contributed by atoms with van der Waals surface area (Å²) in [5.41, 5.74) is -0.705.